The third-order valence-electron chi connectivity index (χ3n) is 3.03. The molecule has 2 rings (SSSR count). The van der Waals surface area contributed by atoms with Gasteiger partial charge in [-0.05, 0) is 32.0 Å². The zero-order valence-corrected chi connectivity index (χ0v) is 10.3. The highest BCUT2D eigenvalue weighted by atomic mass is 35.5. The molecular weight excluding hydrogens is 267 g/mol. The molecule has 3 nitrogen and oxygen atoms in total. The summed E-state index contributed by atoms with van der Waals surface area (Å²) in [6.45, 7) is 1.52. The van der Waals surface area contributed by atoms with E-state index in [0.29, 0.717) is 5.69 Å². The Morgan fingerprint density at radius 3 is 2.50 bits per heavy atom. The molecule has 2 heterocycles. The first-order valence-corrected chi connectivity index (χ1v) is 6.01. The van der Waals surface area contributed by atoms with Crippen molar-refractivity contribution in [1.29, 1.82) is 0 Å². The quantitative estimate of drug-likeness (QED) is 0.831. The van der Waals surface area contributed by atoms with Gasteiger partial charge in [0.1, 0.15) is 0 Å². The number of nitrogens with one attached hydrogen (secondary N) is 1. The van der Waals surface area contributed by atoms with Crippen LogP contribution in [-0.4, -0.2) is 18.1 Å². The molecule has 0 radical (unpaired) electrons. The molecule has 0 spiro atoms. The molecule has 1 aromatic heterocycles. The fourth-order valence-corrected chi connectivity index (χ4v) is 2.41. The third kappa shape index (κ3) is 2.70. The minimum absolute atomic E-state index is 0.0374. The van der Waals surface area contributed by atoms with Gasteiger partial charge >= 0.3 is 6.18 Å². The van der Waals surface area contributed by atoms with Crippen LogP contribution >= 0.6 is 11.6 Å². The number of halogens is 4. The Kier molecular flexibility index (Phi) is 3.68. The van der Waals surface area contributed by atoms with Crippen LogP contribution in [0.4, 0.5) is 18.9 Å². The van der Waals surface area contributed by atoms with Crippen molar-refractivity contribution < 1.29 is 13.2 Å². The number of rotatable bonds is 1. The molecule has 3 N–H and O–H groups in total. The molecular formula is C11H13ClF3N3. The predicted molar refractivity (Wildman–Crippen MR) is 63.5 cm³/mol. The number of aromatic nitrogens is 1. The molecule has 1 aliphatic heterocycles. The lowest BCUT2D eigenvalue weighted by Gasteiger charge is -2.24. The Hall–Kier alpha value is -1.01. The van der Waals surface area contributed by atoms with Crippen molar-refractivity contribution >= 4 is 17.3 Å². The maximum atomic E-state index is 12.7. The van der Waals surface area contributed by atoms with Gasteiger partial charge in [-0.2, -0.15) is 13.2 Å². The van der Waals surface area contributed by atoms with Gasteiger partial charge in [0.2, 0.25) is 0 Å². The number of nitrogens with zero attached hydrogens (tertiary/aromatic N) is 1. The van der Waals surface area contributed by atoms with Crippen LogP contribution in [0, 0.1) is 0 Å². The number of nitrogens with two attached hydrogens (primary N) is 1. The van der Waals surface area contributed by atoms with Crippen LogP contribution in [0.15, 0.2) is 6.07 Å². The molecule has 0 aliphatic carbocycles. The molecule has 1 fully saturated rings. The molecule has 100 valence electrons. The summed E-state index contributed by atoms with van der Waals surface area (Å²) in [6, 6.07) is 1.15. The molecule has 1 aromatic rings. The van der Waals surface area contributed by atoms with Crippen LogP contribution in [-0.2, 0) is 6.18 Å². The average molecular weight is 280 g/mol. The van der Waals surface area contributed by atoms with Gasteiger partial charge in [0, 0.05) is 5.92 Å². The van der Waals surface area contributed by atoms with Crippen LogP contribution in [0.3, 0.4) is 0 Å². The van der Waals surface area contributed by atoms with Gasteiger partial charge in [0.05, 0.1) is 16.4 Å². The van der Waals surface area contributed by atoms with Crippen molar-refractivity contribution in [3.05, 3.63) is 22.5 Å². The maximum absolute atomic E-state index is 12.7. The number of hydrogen-bond acceptors (Lipinski definition) is 3. The van der Waals surface area contributed by atoms with Gasteiger partial charge < -0.3 is 11.1 Å². The van der Waals surface area contributed by atoms with Gasteiger partial charge in [-0.1, -0.05) is 11.6 Å². The number of hydrogen-bond donors (Lipinski definition) is 2. The summed E-state index contributed by atoms with van der Waals surface area (Å²) >= 11 is 5.55. The molecule has 0 bridgehead atoms. The SMILES string of the molecule is Nc1cc(Cl)c(C(F)(F)F)nc1C1CCNCC1. The standard InChI is InChI=1S/C11H13ClF3N3/c12-7-5-8(16)9(6-1-3-17-4-2-6)18-10(7)11(13,14)15/h5-6,17H,1-4,16H2. The smallest absolute Gasteiger partial charge is 0.397 e. The largest absolute Gasteiger partial charge is 0.434 e. The lowest BCUT2D eigenvalue weighted by Crippen LogP contribution is -2.28. The van der Waals surface area contributed by atoms with Crippen LogP contribution in [0.2, 0.25) is 5.02 Å². The number of anilines is 1. The van der Waals surface area contributed by atoms with Crippen molar-refractivity contribution in [2.24, 2.45) is 0 Å². The first kappa shape index (κ1) is 13.4. The molecule has 0 saturated carbocycles. The summed E-state index contributed by atoms with van der Waals surface area (Å²) in [7, 11) is 0. The third-order valence-corrected chi connectivity index (χ3v) is 3.32. The van der Waals surface area contributed by atoms with Crippen molar-refractivity contribution in [2.75, 3.05) is 18.8 Å². The fraction of sp³-hybridized carbons (Fsp3) is 0.545. The molecule has 0 atom stereocenters. The second-order valence-corrected chi connectivity index (χ2v) is 4.72. The lowest BCUT2D eigenvalue weighted by atomic mass is 9.93. The first-order valence-electron chi connectivity index (χ1n) is 5.63. The summed E-state index contributed by atoms with van der Waals surface area (Å²) in [4.78, 5) is 3.66. The van der Waals surface area contributed by atoms with E-state index >= 15 is 0 Å². The van der Waals surface area contributed by atoms with E-state index in [-0.39, 0.29) is 11.6 Å². The molecule has 1 aliphatic rings. The van der Waals surface area contributed by atoms with Crippen molar-refractivity contribution in [1.82, 2.24) is 10.3 Å². The van der Waals surface area contributed by atoms with Gasteiger partial charge in [-0.25, -0.2) is 4.98 Å². The Labute approximate surface area is 108 Å². The predicted octanol–water partition coefficient (Wildman–Crippen LogP) is 2.80. The average Bonchev–Trinajstić information content (AvgIpc) is 2.28. The van der Waals surface area contributed by atoms with Gasteiger partial charge in [0.25, 0.3) is 0 Å². The van der Waals surface area contributed by atoms with Crippen molar-refractivity contribution in [3.63, 3.8) is 0 Å². The van der Waals surface area contributed by atoms with E-state index in [0.717, 1.165) is 32.0 Å². The van der Waals surface area contributed by atoms with Crippen molar-refractivity contribution in [2.45, 2.75) is 24.9 Å². The number of piperidine rings is 1. The lowest BCUT2D eigenvalue weighted by molar-refractivity contribution is -0.141. The van der Waals surface area contributed by atoms with E-state index in [1.807, 2.05) is 0 Å². The second-order valence-electron chi connectivity index (χ2n) is 4.32. The minimum atomic E-state index is -4.55. The minimum Gasteiger partial charge on any atom is -0.397 e. The summed E-state index contributed by atoms with van der Waals surface area (Å²) in [5.41, 5.74) is 5.23. The van der Waals surface area contributed by atoms with E-state index in [1.165, 1.54) is 0 Å². The Morgan fingerprint density at radius 2 is 1.94 bits per heavy atom. The number of alkyl halides is 3. The second kappa shape index (κ2) is 4.93. The Morgan fingerprint density at radius 1 is 1.33 bits per heavy atom. The van der Waals surface area contributed by atoms with Gasteiger partial charge in [-0.15, -0.1) is 0 Å². The monoisotopic (exact) mass is 279 g/mol. The number of pyridine rings is 1. The summed E-state index contributed by atoms with van der Waals surface area (Å²) < 4.78 is 38.2. The van der Waals surface area contributed by atoms with Gasteiger partial charge in [-0.3, -0.25) is 0 Å². The molecule has 0 unspecified atom stereocenters. The van der Waals surface area contributed by atoms with Crippen molar-refractivity contribution in [3.8, 4) is 0 Å². The fourth-order valence-electron chi connectivity index (χ4n) is 2.14. The van der Waals surface area contributed by atoms with Crippen LogP contribution in [0.5, 0.6) is 0 Å². The van der Waals surface area contributed by atoms with E-state index < -0.39 is 16.9 Å². The van der Waals surface area contributed by atoms with E-state index in [1.54, 1.807) is 0 Å². The summed E-state index contributed by atoms with van der Waals surface area (Å²) in [5.74, 6) is -0.0374. The molecule has 0 amide bonds. The van der Waals surface area contributed by atoms with E-state index in [9.17, 15) is 13.2 Å². The zero-order valence-electron chi connectivity index (χ0n) is 9.52. The topological polar surface area (TPSA) is 50.9 Å². The Bertz CT molecular complexity index is 442. The van der Waals surface area contributed by atoms with Crippen LogP contribution < -0.4 is 11.1 Å². The first-order chi connectivity index (χ1) is 8.39. The highest BCUT2D eigenvalue weighted by Crippen LogP contribution is 2.37. The van der Waals surface area contributed by atoms with Crippen LogP contribution in [0.1, 0.15) is 30.1 Å². The molecule has 7 heteroatoms. The zero-order chi connectivity index (χ0) is 13.3. The Balaban J connectivity index is 2.41. The van der Waals surface area contributed by atoms with Crippen LogP contribution in [0.25, 0.3) is 0 Å². The van der Waals surface area contributed by atoms with E-state index in [4.69, 9.17) is 17.3 Å². The summed E-state index contributed by atoms with van der Waals surface area (Å²) in [6.07, 6.45) is -3.08. The highest BCUT2D eigenvalue weighted by Gasteiger charge is 2.36. The maximum Gasteiger partial charge on any atom is 0.434 e. The normalized spacial score (nSPS) is 18.0. The number of nitrogen functional groups attached to an aromatic ring is 1. The molecule has 0 aromatic carbocycles. The molecule has 18 heavy (non-hydrogen) atoms. The van der Waals surface area contributed by atoms with E-state index in [2.05, 4.69) is 10.3 Å². The summed E-state index contributed by atoms with van der Waals surface area (Å²) in [5, 5.41) is 2.70. The van der Waals surface area contributed by atoms with Gasteiger partial charge in [0.15, 0.2) is 5.69 Å². The highest BCUT2D eigenvalue weighted by molar-refractivity contribution is 6.31. The molecule has 1 saturated heterocycles.